The molecule has 1 aromatic carbocycles. The number of hydrogen-bond acceptors (Lipinski definition) is 3. The van der Waals surface area contributed by atoms with E-state index in [9.17, 15) is 0 Å². The normalized spacial score (nSPS) is 16.8. The van der Waals surface area contributed by atoms with Gasteiger partial charge in [-0.05, 0) is 42.9 Å². The van der Waals surface area contributed by atoms with Crippen LogP contribution in [0, 0.1) is 12.8 Å². The molecule has 1 fully saturated rings. The summed E-state index contributed by atoms with van der Waals surface area (Å²) in [6.07, 6.45) is 2.68. The van der Waals surface area contributed by atoms with Crippen molar-refractivity contribution < 1.29 is 5.11 Å². The number of benzene rings is 1. The number of rotatable bonds is 7. The van der Waals surface area contributed by atoms with E-state index >= 15 is 0 Å². The highest BCUT2D eigenvalue weighted by Crippen LogP contribution is 2.26. The predicted octanol–water partition coefficient (Wildman–Crippen LogP) is 2.97. The lowest BCUT2D eigenvalue weighted by atomic mass is 10.1. The number of thioether (sulfide) groups is 1. The van der Waals surface area contributed by atoms with Crippen LogP contribution >= 0.6 is 11.8 Å². The maximum absolute atomic E-state index is 9.03. The standard InChI is InChI=1S/C15H23NOS/c1-11(9-17)10-18-15-6-3-13(7-12(15)2)8-16-14-4-5-14/h3,6-7,11,14,16-17H,4-5,8-10H2,1-2H3. The molecule has 1 saturated carbocycles. The minimum absolute atomic E-state index is 0.273. The Morgan fingerprint density at radius 2 is 2.22 bits per heavy atom. The molecule has 0 saturated heterocycles. The van der Waals surface area contributed by atoms with Crippen LogP contribution in [-0.2, 0) is 6.54 Å². The first-order chi connectivity index (χ1) is 8.69. The summed E-state index contributed by atoms with van der Waals surface area (Å²) in [5.74, 6) is 1.35. The fourth-order valence-electron chi connectivity index (χ4n) is 1.82. The van der Waals surface area contributed by atoms with Gasteiger partial charge in [0.05, 0.1) is 0 Å². The second-order valence-corrected chi connectivity index (χ2v) is 6.42. The number of aliphatic hydroxyl groups excluding tert-OH is 1. The molecule has 0 heterocycles. The molecule has 1 unspecified atom stereocenters. The van der Waals surface area contributed by atoms with Crippen molar-refractivity contribution in [1.29, 1.82) is 0 Å². The van der Waals surface area contributed by atoms with Gasteiger partial charge in [-0.1, -0.05) is 19.1 Å². The van der Waals surface area contributed by atoms with Crippen molar-refractivity contribution in [2.24, 2.45) is 5.92 Å². The van der Waals surface area contributed by atoms with Crippen LogP contribution in [-0.4, -0.2) is 23.5 Å². The maximum atomic E-state index is 9.03. The smallest absolute Gasteiger partial charge is 0.0464 e. The number of aliphatic hydroxyl groups is 1. The molecule has 2 nitrogen and oxygen atoms in total. The van der Waals surface area contributed by atoms with Crippen molar-refractivity contribution >= 4 is 11.8 Å². The third-order valence-corrected chi connectivity index (χ3v) is 4.75. The topological polar surface area (TPSA) is 32.3 Å². The van der Waals surface area contributed by atoms with Gasteiger partial charge >= 0.3 is 0 Å². The van der Waals surface area contributed by atoms with Gasteiger partial charge in [-0.3, -0.25) is 0 Å². The number of aryl methyl sites for hydroxylation is 1. The van der Waals surface area contributed by atoms with Gasteiger partial charge < -0.3 is 10.4 Å². The maximum Gasteiger partial charge on any atom is 0.0464 e. The fraction of sp³-hybridized carbons (Fsp3) is 0.600. The number of nitrogens with one attached hydrogen (secondary N) is 1. The summed E-state index contributed by atoms with van der Waals surface area (Å²) in [6, 6.07) is 7.48. The van der Waals surface area contributed by atoms with Crippen molar-refractivity contribution in [2.45, 2.75) is 44.2 Å². The summed E-state index contributed by atoms with van der Waals surface area (Å²) in [7, 11) is 0. The van der Waals surface area contributed by atoms with Crippen LogP contribution in [0.1, 0.15) is 30.9 Å². The van der Waals surface area contributed by atoms with Gasteiger partial charge in [0.2, 0.25) is 0 Å². The first-order valence-corrected chi connectivity index (χ1v) is 7.74. The molecular formula is C15H23NOS. The lowest BCUT2D eigenvalue weighted by Crippen LogP contribution is -2.15. The zero-order chi connectivity index (χ0) is 13.0. The molecule has 0 amide bonds. The predicted molar refractivity (Wildman–Crippen MR) is 78.0 cm³/mol. The van der Waals surface area contributed by atoms with E-state index in [0.29, 0.717) is 5.92 Å². The van der Waals surface area contributed by atoms with E-state index < -0.39 is 0 Å². The van der Waals surface area contributed by atoms with Crippen molar-refractivity contribution in [2.75, 3.05) is 12.4 Å². The summed E-state index contributed by atoms with van der Waals surface area (Å²) in [5.41, 5.74) is 2.72. The lowest BCUT2D eigenvalue weighted by Gasteiger charge is -2.11. The molecule has 1 aromatic rings. The highest BCUT2D eigenvalue weighted by molar-refractivity contribution is 7.99. The Morgan fingerprint density at radius 1 is 1.44 bits per heavy atom. The van der Waals surface area contributed by atoms with Crippen LogP contribution in [0.25, 0.3) is 0 Å². The van der Waals surface area contributed by atoms with Gasteiger partial charge in [0.25, 0.3) is 0 Å². The average molecular weight is 265 g/mol. The molecule has 2 N–H and O–H groups in total. The van der Waals surface area contributed by atoms with E-state index in [-0.39, 0.29) is 6.61 Å². The Kier molecular flexibility index (Phi) is 5.10. The van der Waals surface area contributed by atoms with E-state index in [1.807, 2.05) is 11.8 Å². The van der Waals surface area contributed by atoms with Gasteiger partial charge in [0.1, 0.15) is 0 Å². The highest BCUT2D eigenvalue weighted by Gasteiger charge is 2.19. The van der Waals surface area contributed by atoms with Crippen LogP contribution in [0.2, 0.25) is 0 Å². The summed E-state index contributed by atoms with van der Waals surface area (Å²) in [6.45, 7) is 5.52. The molecule has 3 heteroatoms. The first kappa shape index (κ1) is 13.9. The zero-order valence-corrected chi connectivity index (χ0v) is 12.1. The van der Waals surface area contributed by atoms with Crippen LogP contribution in [0.3, 0.4) is 0 Å². The van der Waals surface area contributed by atoms with Gasteiger partial charge in [-0.15, -0.1) is 11.8 Å². The molecule has 0 bridgehead atoms. The second kappa shape index (κ2) is 6.60. The summed E-state index contributed by atoms with van der Waals surface area (Å²) in [4.78, 5) is 1.34. The molecule has 0 aliphatic heterocycles. The van der Waals surface area contributed by atoms with Gasteiger partial charge in [0.15, 0.2) is 0 Å². The van der Waals surface area contributed by atoms with Crippen LogP contribution in [0.5, 0.6) is 0 Å². The highest BCUT2D eigenvalue weighted by atomic mass is 32.2. The quantitative estimate of drug-likeness (QED) is 0.743. The number of hydrogen-bond donors (Lipinski definition) is 2. The molecule has 1 aliphatic carbocycles. The third kappa shape index (κ3) is 4.30. The molecule has 1 aliphatic rings. The average Bonchev–Trinajstić information content (AvgIpc) is 3.18. The second-order valence-electron chi connectivity index (χ2n) is 5.35. The third-order valence-electron chi connectivity index (χ3n) is 3.25. The summed E-state index contributed by atoms with van der Waals surface area (Å²) >= 11 is 1.84. The minimum atomic E-state index is 0.273. The summed E-state index contributed by atoms with van der Waals surface area (Å²) in [5, 5.41) is 12.6. The van der Waals surface area contributed by atoms with E-state index in [0.717, 1.165) is 18.3 Å². The van der Waals surface area contributed by atoms with Gasteiger partial charge in [-0.2, -0.15) is 0 Å². The molecule has 1 atom stereocenters. The Balaban J connectivity index is 1.87. The molecular weight excluding hydrogens is 242 g/mol. The SMILES string of the molecule is Cc1cc(CNC2CC2)ccc1SCC(C)CO. The van der Waals surface area contributed by atoms with Crippen LogP contribution in [0.4, 0.5) is 0 Å². The van der Waals surface area contributed by atoms with Gasteiger partial charge in [-0.25, -0.2) is 0 Å². The van der Waals surface area contributed by atoms with Crippen molar-refractivity contribution in [3.63, 3.8) is 0 Å². The summed E-state index contributed by atoms with van der Waals surface area (Å²) < 4.78 is 0. The van der Waals surface area contributed by atoms with E-state index in [4.69, 9.17) is 5.11 Å². The molecule has 0 radical (unpaired) electrons. The largest absolute Gasteiger partial charge is 0.396 e. The van der Waals surface area contributed by atoms with Crippen molar-refractivity contribution in [3.8, 4) is 0 Å². The fourth-order valence-corrected chi connectivity index (χ4v) is 2.84. The van der Waals surface area contributed by atoms with Crippen LogP contribution in [0.15, 0.2) is 23.1 Å². The monoisotopic (exact) mass is 265 g/mol. The van der Waals surface area contributed by atoms with E-state index in [1.54, 1.807) is 0 Å². The van der Waals surface area contributed by atoms with E-state index in [1.165, 1.54) is 28.9 Å². The van der Waals surface area contributed by atoms with Crippen LogP contribution < -0.4 is 5.32 Å². The van der Waals surface area contributed by atoms with E-state index in [2.05, 4.69) is 37.4 Å². The first-order valence-electron chi connectivity index (χ1n) is 6.75. The molecule has 100 valence electrons. The zero-order valence-electron chi connectivity index (χ0n) is 11.3. The van der Waals surface area contributed by atoms with Gasteiger partial charge in [0, 0.05) is 29.8 Å². The Labute approximate surface area is 114 Å². The lowest BCUT2D eigenvalue weighted by molar-refractivity contribution is 0.250. The Hall–Kier alpha value is -0.510. The minimum Gasteiger partial charge on any atom is -0.396 e. The molecule has 2 rings (SSSR count). The Bertz CT molecular complexity index is 390. The molecule has 0 aromatic heterocycles. The molecule has 0 spiro atoms. The molecule has 18 heavy (non-hydrogen) atoms. The Morgan fingerprint density at radius 3 is 2.83 bits per heavy atom. The van der Waals surface area contributed by atoms with Crippen molar-refractivity contribution in [3.05, 3.63) is 29.3 Å². The van der Waals surface area contributed by atoms with Crippen molar-refractivity contribution in [1.82, 2.24) is 5.32 Å².